The minimum absolute atomic E-state index is 0. The summed E-state index contributed by atoms with van der Waals surface area (Å²) < 4.78 is 41.2. The Labute approximate surface area is 724 Å². The molecule has 0 fully saturated rings. The van der Waals surface area contributed by atoms with E-state index in [-0.39, 0.29) is 160 Å². The predicted molar refractivity (Wildman–Crippen MR) is 407 cm³/mol. The van der Waals surface area contributed by atoms with Gasteiger partial charge in [0.2, 0.25) is 0 Å². The fourth-order valence-corrected chi connectivity index (χ4v) is 8.84. The molecular formula is C64H58Cu4N26O28. The van der Waals surface area contributed by atoms with Gasteiger partial charge in [0.25, 0.3) is 22.7 Å². The average Bonchev–Trinajstić information content (AvgIpc) is 1.75. The number of ether oxygens (including phenoxy) is 8. The zero-order valence-electron chi connectivity index (χ0n) is 62.7. The van der Waals surface area contributed by atoms with Gasteiger partial charge in [-0.2, -0.15) is 0 Å². The number of benzene rings is 4. The number of rotatable bonds is 20. The van der Waals surface area contributed by atoms with Crippen molar-refractivity contribution in [1.29, 1.82) is 0 Å². The van der Waals surface area contributed by atoms with Crippen LogP contribution in [0.3, 0.4) is 0 Å². The summed E-state index contributed by atoms with van der Waals surface area (Å²) in [5.74, 6) is 5.07. The van der Waals surface area contributed by atoms with E-state index in [2.05, 4.69) is 105 Å². The maximum Gasteiger partial charge on any atom is 1.00 e. The molecule has 0 aliphatic carbocycles. The summed E-state index contributed by atoms with van der Waals surface area (Å²) in [6.45, 7) is 0. The van der Waals surface area contributed by atoms with Crippen molar-refractivity contribution in [3.8, 4) is 163 Å². The van der Waals surface area contributed by atoms with Gasteiger partial charge in [-0.25, -0.2) is 0 Å². The Balaban J connectivity index is 0. The van der Waals surface area contributed by atoms with Gasteiger partial charge in [0.1, 0.15) is 45.0 Å². The van der Waals surface area contributed by atoms with Crippen LogP contribution in [0.25, 0.3) is 91.6 Å². The normalized spacial score (nSPS) is 9.10. The molecule has 0 unspecified atom stereocenters. The van der Waals surface area contributed by atoms with Crippen molar-refractivity contribution >= 4 is 22.7 Å². The van der Waals surface area contributed by atoms with Gasteiger partial charge in [0.15, 0.2) is 92.6 Å². The second kappa shape index (κ2) is 56.0. The molecule has 656 valence electrons. The van der Waals surface area contributed by atoms with Crippen LogP contribution >= 0.6 is 0 Å². The Morgan fingerprint density at radius 2 is 0.418 bits per heavy atom. The number of nitro benzene ring substituents is 4. The summed E-state index contributed by atoms with van der Waals surface area (Å²) in [6.07, 6.45) is 15.2. The zero-order valence-corrected chi connectivity index (χ0v) is 66.5. The number of methoxy groups -OCH3 is 8. The number of nitrogens with two attached hydrogens (primary N) is 2. The second-order valence-corrected chi connectivity index (χ2v) is 20.1. The van der Waals surface area contributed by atoms with E-state index in [0.717, 1.165) is 0 Å². The fourth-order valence-electron chi connectivity index (χ4n) is 8.84. The van der Waals surface area contributed by atoms with Gasteiger partial charge >= 0.3 is 68.3 Å². The quantitative estimate of drug-likeness (QED) is 0.0138. The van der Waals surface area contributed by atoms with Crippen LogP contribution in [0.4, 0.5) is 22.7 Å². The van der Waals surface area contributed by atoms with E-state index < -0.39 is 40.0 Å². The summed E-state index contributed by atoms with van der Waals surface area (Å²) in [5, 5.41) is 136. The van der Waals surface area contributed by atoms with E-state index in [1.54, 1.807) is 85.4 Å². The summed E-state index contributed by atoms with van der Waals surface area (Å²) in [5.41, 5.74) is 11.4. The molecule has 0 atom stereocenters. The van der Waals surface area contributed by atoms with E-state index in [4.69, 9.17) is 99.2 Å². The van der Waals surface area contributed by atoms with Crippen molar-refractivity contribution in [2.45, 2.75) is 0 Å². The van der Waals surface area contributed by atoms with Crippen LogP contribution in [-0.2, 0) is 68.3 Å². The molecule has 12 rings (SSSR count). The number of hydrogen-bond acceptors (Lipinski definition) is 42. The van der Waals surface area contributed by atoms with E-state index in [1.165, 1.54) is 105 Å². The van der Waals surface area contributed by atoms with Crippen LogP contribution in [0.5, 0.6) is 46.0 Å². The topological polar surface area (TPSA) is 781 Å². The molecule has 12 aromatic rings. The molecule has 0 aliphatic heterocycles. The smallest absolute Gasteiger partial charge is 0.493 e. The molecule has 0 amide bonds. The number of pyridine rings is 4. The Bertz CT molecular complexity index is 4760. The van der Waals surface area contributed by atoms with Crippen LogP contribution in [0, 0.1) is 127 Å². The SMILES string of the molecule is C#CN.C#CN.COc1cc(-c2nnc(-c3ccccn3)[nH]2)c([N+](=O)[O-])cc1OC.COc1cc(-c2nnc(-c3ccccn3)[nH]2)c([N+](=O)[O-])cc1OC.COc1cc(-c2nnc(-c3ccccn3)[nH]2)c([N+](=O)[O-])cc1OC.COc1cc(-c2nnc(-c3ccccn3)[nH]2)c([N+](=O)[O-])cc1OC.O=[N+]([O-])[O-].O=[N+]([O-])[O-].O=[N+]([O-])[O-].O=[N+]([O-])[O-].[Cu+].[Cu+].[Cu+].[Cu+]. The van der Waals surface area contributed by atoms with Crippen molar-refractivity contribution in [3.63, 3.8) is 0 Å². The van der Waals surface area contributed by atoms with Gasteiger partial charge < -0.3 is 131 Å². The summed E-state index contributed by atoms with van der Waals surface area (Å²) in [4.78, 5) is 105. The van der Waals surface area contributed by atoms with Crippen molar-refractivity contribution < 1.29 is 146 Å². The minimum atomic E-state index is -1.75. The van der Waals surface area contributed by atoms with Gasteiger partial charge in [0.05, 0.1) is 121 Å². The first-order valence-corrected chi connectivity index (χ1v) is 30.9. The van der Waals surface area contributed by atoms with Crippen molar-refractivity contribution in [3.05, 3.63) is 248 Å². The number of nitrogens with one attached hydrogen (secondary N) is 4. The molecule has 8 N–H and O–H groups in total. The van der Waals surface area contributed by atoms with Gasteiger partial charge in [-0.3, -0.25) is 60.4 Å². The molecular weight excluding hydrogens is 1840 g/mol. The largest absolute Gasteiger partial charge is 1.00 e. The minimum Gasteiger partial charge on any atom is -0.493 e. The summed E-state index contributed by atoms with van der Waals surface area (Å²) in [7, 11) is 11.5. The van der Waals surface area contributed by atoms with Crippen molar-refractivity contribution in [2.75, 3.05) is 56.9 Å². The summed E-state index contributed by atoms with van der Waals surface area (Å²) >= 11 is 0. The molecule has 54 nitrogen and oxygen atoms in total. The maximum atomic E-state index is 11.4. The number of aromatic nitrogens is 16. The zero-order chi connectivity index (χ0) is 88.1. The molecule has 8 heterocycles. The van der Waals surface area contributed by atoms with Crippen LogP contribution in [-0.4, -0.2) is 178 Å². The third-order valence-corrected chi connectivity index (χ3v) is 13.4. The van der Waals surface area contributed by atoms with Crippen LogP contribution in [0.15, 0.2) is 146 Å². The van der Waals surface area contributed by atoms with E-state index >= 15 is 0 Å². The number of terminal acetylenes is 2. The third kappa shape index (κ3) is 33.8. The molecule has 0 aliphatic rings. The van der Waals surface area contributed by atoms with Crippen molar-refractivity contribution in [2.24, 2.45) is 11.5 Å². The Morgan fingerprint density at radius 3 is 0.541 bits per heavy atom. The molecule has 0 saturated carbocycles. The summed E-state index contributed by atoms with van der Waals surface area (Å²) in [6, 6.07) is 36.0. The van der Waals surface area contributed by atoms with Crippen LogP contribution in [0.1, 0.15) is 0 Å². The number of hydrogen-bond donors (Lipinski definition) is 6. The fraction of sp³-hybridized carbons (Fsp3) is 0.125. The Kier molecular flexibility index (Phi) is 49.5. The average molecular weight is 1890 g/mol. The molecule has 8 aromatic heterocycles. The van der Waals surface area contributed by atoms with Gasteiger partial charge in [-0.1, -0.05) is 37.1 Å². The Morgan fingerprint density at radius 1 is 0.279 bits per heavy atom. The molecule has 0 bridgehead atoms. The molecule has 122 heavy (non-hydrogen) atoms. The van der Waals surface area contributed by atoms with Gasteiger partial charge in [-0.05, 0) is 60.6 Å². The van der Waals surface area contributed by atoms with E-state index in [9.17, 15) is 40.5 Å². The first kappa shape index (κ1) is 108. The molecule has 0 spiro atoms. The molecule has 0 radical (unpaired) electrons. The van der Waals surface area contributed by atoms with Gasteiger partial charge in [-0.15, -0.1) is 40.8 Å². The first-order valence-electron chi connectivity index (χ1n) is 30.9. The number of nitrogens with zero attached hydrogens (tertiary/aromatic N) is 20. The van der Waals surface area contributed by atoms with Crippen LogP contribution < -0.4 is 49.4 Å². The van der Waals surface area contributed by atoms with Crippen LogP contribution in [0.2, 0.25) is 0 Å². The number of nitro groups is 4. The molecule has 0 saturated heterocycles. The number of aromatic amines is 4. The second-order valence-electron chi connectivity index (χ2n) is 20.1. The van der Waals surface area contributed by atoms with Gasteiger partial charge in [0, 0.05) is 49.1 Å². The Hall–Kier alpha value is -16.4. The maximum absolute atomic E-state index is 11.4. The standard InChI is InChI=1S/4C15H13N5O4.2C2H3N.4Cu.4NO3/c4*1-23-12-7-9(11(20(21)22)8-13(12)24-2)14-17-15(19-18-14)10-5-3-4-6-16-10;2*1-2-3;;;;;4*2-1(3)4/h4*3-8H,1-2H3,(H,17,18,19);2*1H,3H2;;;;;;;;/q;;;;;;4*+1;4*-1. The predicted octanol–water partition coefficient (Wildman–Crippen LogP) is 7.94. The first-order chi connectivity index (χ1) is 56.3. The monoisotopic (exact) mass is 1890 g/mol. The van der Waals surface area contributed by atoms with E-state index in [0.29, 0.717) is 69.1 Å². The van der Waals surface area contributed by atoms with E-state index in [1.807, 2.05) is 24.3 Å². The number of H-pyrrole nitrogens is 4. The van der Waals surface area contributed by atoms with Crippen molar-refractivity contribution in [1.82, 2.24) is 80.7 Å². The molecule has 58 heteroatoms. The molecule has 4 aromatic carbocycles. The third-order valence-electron chi connectivity index (χ3n) is 13.4.